The maximum atomic E-state index is 11.8. The standard InChI is InChI=1S/C12H22N2O2/c1-2-3-8-6-10(8)14-12(15)11-5-4-9(7-13)16-11/h8-11H,2-7,13H2,1H3,(H,14,15)/t8?,9-,10?,11+/m1/s1. The van der Waals surface area contributed by atoms with E-state index in [1.807, 2.05) is 0 Å². The molecule has 1 aliphatic carbocycles. The summed E-state index contributed by atoms with van der Waals surface area (Å²) in [6.45, 7) is 2.70. The molecule has 16 heavy (non-hydrogen) atoms. The molecule has 4 atom stereocenters. The number of carbonyl (C=O) groups excluding carboxylic acids is 1. The Bertz CT molecular complexity index is 257. The van der Waals surface area contributed by atoms with Crippen molar-refractivity contribution < 1.29 is 9.53 Å². The molecule has 1 amide bonds. The van der Waals surface area contributed by atoms with Crippen molar-refractivity contribution in [1.82, 2.24) is 5.32 Å². The zero-order valence-corrected chi connectivity index (χ0v) is 9.95. The molecule has 0 spiro atoms. The number of nitrogens with one attached hydrogen (secondary N) is 1. The van der Waals surface area contributed by atoms with Gasteiger partial charge < -0.3 is 15.8 Å². The Morgan fingerprint density at radius 1 is 1.50 bits per heavy atom. The predicted molar refractivity (Wildman–Crippen MR) is 61.9 cm³/mol. The second-order valence-electron chi connectivity index (χ2n) is 4.96. The van der Waals surface area contributed by atoms with Crippen molar-refractivity contribution in [2.75, 3.05) is 6.54 Å². The number of carbonyl (C=O) groups is 1. The Kier molecular flexibility index (Phi) is 3.82. The molecule has 92 valence electrons. The third-order valence-corrected chi connectivity index (χ3v) is 3.57. The van der Waals surface area contributed by atoms with Crippen LogP contribution in [0.4, 0.5) is 0 Å². The molecular weight excluding hydrogens is 204 g/mol. The maximum absolute atomic E-state index is 11.8. The van der Waals surface area contributed by atoms with Crippen LogP contribution in [0.3, 0.4) is 0 Å². The third kappa shape index (κ3) is 2.74. The van der Waals surface area contributed by atoms with Gasteiger partial charge in [-0.25, -0.2) is 0 Å². The highest BCUT2D eigenvalue weighted by molar-refractivity contribution is 5.81. The van der Waals surface area contributed by atoms with Gasteiger partial charge in [-0.2, -0.15) is 0 Å². The summed E-state index contributed by atoms with van der Waals surface area (Å²) in [5.41, 5.74) is 5.51. The van der Waals surface area contributed by atoms with Gasteiger partial charge in [0.25, 0.3) is 0 Å². The lowest BCUT2D eigenvalue weighted by Gasteiger charge is -2.12. The van der Waals surface area contributed by atoms with Crippen molar-refractivity contribution in [3.63, 3.8) is 0 Å². The minimum atomic E-state index is -0.253. The molecule has 0 radical (unpaired) electrons. The van der Waals surface area contributed by atoms with E-state index in [4.69, 9.17) is 10.5 Å². The molecule has 3 N–H and O–H groups in total. The molecule has 1 saturated heterocycles. The van der Waals surface area contributed by atoms with E-state index >= 15 is 0 Å². The first kappa shape index (κ1) is 11.9. The summed E-state index contributed by atoms with van der Waals surface area (Å²) in [6.07, 6.45) is 5.13. The van der Waals surface area contributed by atoms with E-state index in [9.17, 15) is 4.79 Å². The van der Waals surface area contributed by atoms with Crippen LogP contribution in [-0.4, -0.2) is 30.7 Å². The average molecular weight is 226 g/mol. The number of amides is 1. The second kappa shape index (κ2) is 5.15. The van der Waals surface area contributed by atoms with E-state index in [1.165, 1.54) is 12.8 Å². The lowest BCUT2D eigenvalue weighted by molar-refractivity contribution is -0.132. The van der Waals surface area contributed by atoms with E-state index in [-0.39, 0.29) is 18.1 Å². The first-order valence-electron chi connectivity index (χ1n) is 6.40. The molecular formula is C12H22N2O2. The van der Waals surface area contributed by atoms with Crippen molar-refractivity contribution in [2.24, 2.45) is 11.7 Å². The van der Waals surface area contributed by atoms with E-state index in [1.54, 1.807) is 0 Å². The molecule has 1 heterocycles. The van der Waals surface area contributed by atoms with Crippen LogP contribution in [0.1, 0.15) is 39.0 Å². The molecule has 2 aliphatic rings. The smallest absolute Gasteiger partial charge is 0.249 e. The number of nitrogens with two attached hydrogens (primary N) is 1. The van der Waals surface area contributed by atoms with E-state index in [0.717, 1.165) is 19.3 Å². The quantitative estimate of drug-likeness (QED) is 0.728. The van der Waals surface area contributed by atoms with Gasteiger partial charge in [0.05, 0.1) is 6.10 Å². The van der Waals surface area contributed by atoms with Gasteiger partial charge in [0.15, 0.2) is 0 Å². The number of hydrogen-bond donors (Lipinski definition) is 2. The molecule has 2 fully saturated rings. The Labute approximate surface area is 96.9 Å². The van der Waals surface area contributed by atoms with Crippen LogP contribution in [0.2, 0.25) is 0 Å². The number of ether oxygens (including phenoxy) is 1. The molecule has 0 aromatic rings. The zero-order valence-electron chi connectivity index (χ0n) is 9.95. The molecule has 0 aromatic carbocycles. The van der Waals surface area contributed by atoms with Crippen molar-refractivity contribution in [1.29, 1.82) is 0 Å². The molecule has 2 unspecified atom stereocenters. The van der Waals surface area contributed by atoms with Gasteiger partial charge in [-0.05, 0) is 31.6 Å². The van der Waals surface area contributed by atoms with Crippen LogP contribution in [0, 0.1) is 5.92 Å². The molecule has 1 saturated carbocycles. The number of rotatable bonds is 5. The molecule has 4 nitrogen and oxygen atoms in total. The first-order chi connectivity index (χ1) is 7.74. The Hall–Kier alpha value is -0.610. The van der Waals surface area contributed by atoms with Crippen LogP contribution >= 0.6 is 0 Å². The number of hydrogen-bond acceptors (Lipinski definition) is 3. The minimum absolute atomic E-state index is 0.0690. The van der Waals surface area contributed by atoms with Gasteiger partial charge in [-0.3, -0.25) is 4.79 Å². The summed E-state index contributed by atoms with van der Waals surface area (Å²) < 4.78 is 5.56. The maximum Gasteiger partial charge on any atom is 0.249 e. The van der Waals surface area contributed by atoms with Crippen LogP contribution in [-0.2, 0) is 9.53 Å². The summed E-state index contributed by atoms with van der Waals surface area (Å²) in [5, 5.41) is 3.07. The van der Waals surface area contributed by atoms with Crippen molar-refractivity contribution >= 4 is 5.91 Å². The highest BCUT2D eigenvalue weighted by atomic mass is 16.5. The highest BCUT2D eigenvalue weighted by Crippen LogP contribution is 2.34. The lowest BCUT2D eigenvalue weighted by atomic mass is 10.2. The van der Waals surface area contributed by atoms with Gasteiger partial charge >= 0.3 is 0 Å². The van der Waals surface area contributed by atoms with E-state index < -0.39 is 0 Å². The topological polar surface area (TPSA) is 64.4 Å². The van der Waals surface area contributed by atoms with Crippen molar-refractivity contribution in [3.8, 4) is 0 Å². The molecule has 1 aliphatic heterocycles. The fraction of sp³-hybridized carbons (Fsp3) is 0.917. The summed E-state index contributed by atoms with van der Waals surface area (Å²) in [4.78, 5) is 11.8. The highest BCUT2D eigenvalue weighted by Gasteiger charge is 2.39. The normalized spacial score (nSPS) is 37.4. The molecule has 4 heteroatoms. The second-order valence-corrected chi connectivity index (χ2v) is 4.96. The summed E-state index contributed by atoms with van der Waals surface area (Å²) in [7, 11) is 0. The Balaban J connectivity index is 1.69. The van der Waals surface area contributed by atoms with Gasteiger partial charge in [-0.1, -0.05) is 13.3 Å². The summed E-state index contributed by atoms with van der Waals surface area (Å²) in [5.74, 6) is 0.778. The first-order valence-corrected chi connectivity index (χ1v) is 6.40. The summed E-state index contributed by atoms with van der Waals surface area (Å²) in [6, 6.07) is 0.410. The third-order valence-electron chi connectivity index (χ3n) is 3.57. The average Bonchev–Trinajstić information content (AvgIpc) is 2.84. The molecule has 2 rings (SSSR count). The lowest BCUT2D eigenvalue weighted by Crippen LogP contribution is -2.37. The fourth-order valence-corrected chi connectivity index (χ4v) is 2.46. The van der Waals surface area contributed by atoms with Gasteiger partial charge in [0.2, 0.25) is 5.91 Å². The zero-order chi connectivity index (χ0) is 11.5. The minimum Gasteiger partial charge on any atom is -0.364 e. The fourth-order valence-electron chi connectivity index (χ4n) is 2.46. The molecule has 0 aromatic heterocycles. The van der Waals surface area contributed by atoms with Gasteiger partial charge in [-0.15, -0.1) is 0 Å². The van der Waals surface area contributed by atoms with Crippen molar-refractivity contribution in [3.05, 3.63) is 0 Å². The predicted octanol–water partition coefficient (Wildman–Crippen LogP) is 0.797. The van der Waals surface area contributed by atoms with Gasteiger partial charge in [0.1, 0.15) is 6.10 Å². The Morgan fingerprint density at radius 3 is 2.94 bits per heavy atom. The monoisotopic (exact) mass is 226 g/mol. The molecule has 0 bridgehead atoms. The summed E-state index contributed by atoms with van der Waals surface area (Å²) >= 11 is 0. The van der Waals surface area contributed by atoms with Crippen LogP contribution < -0.4 is 11.1 Å². The largest absolute Gasteiger partial charge is 0.364 e. The van der Waals surface area contributed by atoms with Crippen LogP contribution in [0.5, 0.6) is 0 Å². The van der Waals surface area contributed by atoms with E-state index in [2.05, 4.69) is 12.2 Å². The van der Waals surface area contributed by atoms with Crippen LogP contribution in [0.15, 0.2) is 0 Å². The Morgan fingerprint density at radius 2 is 2.31 bits per heavy atom. The van der Waals surface area contributed by atoms with Gasteiger partial charge in [0, 0.05) is 12.6 Å². The van der Waals surface area contributed by atoms with E-state index in [0.29, 0.717) is 18.5 Å². The van der Waals surface area contributed by atoms with Crippen molar-refractivity contribution in [2.45, 2.75) is 57.3 Å². The SMILES string of the molecule is CCCC1CC1NC(=O)[C@@H]1CC[C@H](CN)O1. The van der Waals surface area contributed by atoms with Crippen LogP contribution in [0.25, 0.3) is 0 Å².